The number of thiol groups is 1. The molecule has 0 aromatic rings. The van der Waals surface area contributed by atoms with Gasteiger partial charge in [0.05, 0.1) is 6.61 Å². The van der Waals surface area contributed by atoms with Gasteiger partial charge in [0.1, 0.15) is 6.04 Å². The lowest BCUT2D eigenvalue weighted by molar-refractivity contribution is -0.145. The third kappa shape index (κ3) is 5.93. The standard InChI is InChI=1S/C9H19NO2S/c1-3-4-7(2)5-12-9(11)8(10)6-13/h7-8,13H,3-6,10H2,1-2H3/t7?,8-/m1/s1. The number of rotatable bonds is 6. The molecule has 0 fully saturated rings. The second-order valence-corrected chi connectivity index (χ2v) is 3.68. The van der Waals surface area contributed by atoms with Crippen LogP contribution in [0.5, 0.6) is 0 Å². The molecule has 0 aromatic heterocycles. The van der Waals surface area contributed by atoms with E-state index in [9.17, 15) is 4.79 Å². The van der Waals surface area contributed by atoms with Crippen molar-refractivity contribution in [1.82, 2.24) is 0 Å². The Balaban J connectivity index is 3.57. The highest BCUT2D eigenvalue weighted by atomic mass is 32.1. The first-order valence-corrected chi connectivity index (χ1v) is 5.28. The summed E-state index contributed by atoms with van der Waals surface area (Å²) in [6, 6.07) is -0.586. The lowest BCUT2D eigenvalue weighted by Crippen LogP contribution is -2.34. The van der Waals surface area contributed by atoms with E-state index in [-0.39, 0.29) is 5.97 Å². The molecule has 0 aliphatic heterocycles. The van der Waals surface area contributed by atoms with E-state index >= 15 is 0 Å². The van der Waals surface area contributed by atoms with Crippen LogP contribution in [0.15, 0.2) is 0 Å². The Bertz CT molecular complexity index is 153. The highest BCUT2D eigenvalue weighted by molar-refractivity contribution is 7.80. The van der Waals surface area contributed by atoms with Crippen LogP contribution in [0.2, 0.25) is 0 Å². The zero-order chi connectivity index (χ0) is 10.3. The number of hydrogen-bond donors (Lipinski definition) is 2. The molecule has 0 saturated heterocycles. The van der Waals surface area contributed by atoms with E-state index in [4.69, 9.17) is 10.5 Å². The van der Waals surface area contributed by atoms with Crippen LogP contribution in [0.3, 0.4) is 0 Å². The zero-order valence-corrected chi connectivity index (χ0v) is 9.22. The summed E-state index contributed by atoms with van der Waals surface area (Å²) in [6.45, 7) is 4.63. The van der Waals surface area contributed by atoms with Gasteiger partial charge in [-0.05, 0) is 12.3 Å². The molecule has 0 saturated carbocycles. The normalized spacial score (nSPS) is 15.1. The third-order valence-corrected chi connectivity index (χ3v) is 2.18. The number of esters is 1. The van der Waals surface area contributed by atoms with Gasteiger partial charge in [-0.15, -0.1) is 0 Å². The van der Waals surface area contributed by atoms with E-state index in [1.807, 2.05) is 0 Å². The zero-order valence-electron chi connectivity index (χ0n) is 8.32. The molecular weight excluding hydrogens is 186 g/mol. The maximum absolute atomic E-state index is 11.1. The molecule has 3 nitrogen and oxygen atoms in total. The van der Waals surface area contributed by atoms with E-state index in [1.54, 1.807) is 0 Å². The third-order valence-electron chi connectivity index (χ3n) is 1.79. The van der Waals surface area contributed by atoms with Crippen molar-refractivity contribution in [3.8, 4) is 0 Å². The van der Waals surface area contributed by atoms with Crippen molar-refractivity contribution < 1.29 is 9.53 Å². The molecule has 4 heteroatoms. The summed E-state index contributed by atoms with van der Waals surface area (Å²) in [4.78, 5) is 11.1. The van der Waals surface area contributed by atoms with Crippen LogP contribution in [0, 0.1) is 5.92 Å². The van der Waals surface area contributed by atoms with Crippen LogP contribution in [0.25, 0.3) is 0 Å². The average Bonchev–Trinajstić information content (AvgIpc) is 2.13. The largest absolute Gasteiger partial charge is 0.464 e. The molecule has 0 aliphatic rings. The Morgan fingerprint density at radius 3 is 2.69 bits per heavy atom. The lowest BCUT2D eigenvalue weighted by atomic mass is 10.1. The van der Waals surface area contributed by atoms with E-state index < -0.39 is 6.04 Å². The van der Waals surface area contributed by atoms with Crippen molar-refractivity contribution in [3.63, 3.8) is 0 Å². The molecule has 0 rings (SSSR count). The van der Waals surface area contributed by atoms with Crippen LogP contribution >= 0.6 is 12.6 Å². The van der Waals surface area contributed by atoms with Crippen LogP contribution in [-0.2, 0) is 9.53 Å². The smallest absolute Gasteiger partial charge is 0.323 e. The predicted octanol–water partition coefficient (Wildman–Crippen LogP) is 1.22. The fraction of sp³-hybridized carbons (Fsp3) is 0.889. The highest BCUT2D eigenvalue weighted by Crippen LogP contribution is 2.05. The summed E-state index contributed by atoms with van der Waals surface area (Å²) in [6.07, 6.45) is 2.18. The molecule has 0 aromatic carbocycles. The first kappa shape index (κ1) is 12.8. The molecule has 0 heterocycles. The summed E-state index contributed by atoms with van der Waals surface area (Å²) < 4.78 is 5.00. The van der Waals surface area contributed by atoms with Gasteiger partial charge in [-0.3, -0.25) is 4.79 Å². The van der Waals surface area contributed by atoms with Crippen molar-refractivity contribution in [2.45, 2.75) is 32.7 Å². The van der Waals surface area contributed by atoms with Gasteiger partial charge in [-0.1, -0.05) is 20.3 Å². The number of hydrogen-bond acceptors (Lipinski definition) is 4. The fourth-order valence-electron chi connectivity index (χ4n) is 0.982. The lowest BCUT2D eigenvalue weighted by Gasteiger charge is -2.13. The monoisotopic (exact) mass is 205 g/mol. The summed E-state index contributed by atoms with van der Waals surface area (Å²) in [7, 11) is 0. The fourth-order valence-corrected chi connectivity index (χ4v) is 1.13. The minimum atomic E-state index is -0.586. The van der Waals surface area contributed by atoms with E-state index in [1.165, 1.54) is 0 Å². The van der Waals surface area contributed by atoms with Crippen molar-refractivity contribution in [2.75, 3.05) is 12.4 Å². The molecule has 78 valence electrons. The van der Waals surface area contributed by atoms with Crippen LogP contribution in [-0.4, -0.2) is 24.4 Å². The van der Waals surface area contributed by atoms with Crippen LogP contribution in [0.4, 0.5) is 0 Å². The highest BCUT2D eigenvalue weighted by Gasteiger charge is 2.13. The van der Waals surface area contributed by atoms with Crippen molar-refractivity contribution in [3.05, 3.63) is 0 Å². The molecule has 0 aliphatic carbocycles. The number of nitrogens with two attached hydrogens (primary N) is 1. The summed E-state index contributed by atoms with van der Waals surface area (Å²) in [5, 5.41) is 0. The molecular formula is C9H19NO2S. The van der Waals surface area contributed by atoms with E-state index in [0.717, 1.165) is 12.8 Å². The summed E-state index contributed by atoms with van der Waals surface area (Å²) in [5.74, 6) is 0.403. The minimum Gasteiger partial charge on any atom is -0.464 e. The van der Waals surface area contributed by atoms with Gasteiger partial charge >= 0.3 is 5.97 Å². The van der Waals surface area contributed by atoms with Crippen molar-refractivity contribution in [1.29, 1.82) is 0 Å². The average molecular weight is 205 g/mol. The Morgan fingerprint density at radius 2 is 2.23 bits per heavy atom. The Hall–Kier alpha value is -0.220. The summed E-state index contributed by atoms with van der Waals surface area (Å²) >= 11 is 3.91. The van der Waals surface area contributed by atoms with Gasteiger partial charge in [0, 0.05) is 5.75 Å². The molecule has 0 spiro atoms. The quantitative estimate of drug-likeness (QED) is 0.506. The van der Waals surface area contributed by atoms with Gasteiger partial charge in [-0.2, -0.15) is 12.6 Å². The van der Waals surface area contributed by atoms with Crippen molar-refractivity contribution in [2.24, 2.45) is 11.7 Å². The minimum absolute atomic E-state index is 0.334. The maximum atomic E-state index is 11.1. The van der Waals surface area contributed by atoms with Gasteiger partial charge in [0.2, 0.25) is 0 Å². The molecule has 0 radical (unpaired) electrons. The van der Waals surface area contributed by atoms with E-state index in [2.05, 4.69) is 26.5 Å². The number of carbonyl (C=O) groups excluding carboxylic acids is 1. The Labute approximate surface area is 85.4 Å². The SMILES string of the molecule is CCCC(C)COC(=O)[C@H](N)CS. The van der Waals surface area contributed by atoms with E-state index in [0.29, 0.717) is 18.3 Å². The molecule has 0 bridgehead atoms. The van der Waals surface area contributed by atoms with Crippen molar-refractivity contribution >= 4 is 18.6 Å². The number of ether oxygens (including phenoxy) is 1. The van der Waals surface area contributed by atoms with Gasteiger partial charge in [0.15, 0.2) is 0 Å². The predicted molar refractivity (Wildman–Crippen MR) is 56.9 cm³/mol. The first-order valence-electron chi connectivity index (χ1n) is 4.64. The summed E-state index contributed by atoms with van der Waals surface area (Å²) in [5.41, 5.74) is 5.43. The van der Waals surface area contributed by atoms with Gasteiger partial charge < -0.3 is 10.5 Å². The van der Waals surface area contributed by atoms with Crippen LogP contribution in [0.1, 0.15) is 26.7 Å². The second kappa shape index (κ2) is 7.21. The Morgan fingerprint density at radius 1 is 1.62 bits per heavy atom. The number of carbonyl (C=O) groups is 1. The molecule has 13 heavy (non-hydrogen) atoms. The first-order chi connectivity index (χ1) is 6.11. The Kier molecular flexibility index (Phi) is 7.09. The molecule has 1 unspecified atom stereocenters. The maximum Gasteiger partial charge on any atom is 0.323 e. The molecule has 0 amide bonds. The second-order valence-electron chi connectivity index (χ2n) is 3.31. The van der Waals surface area contributed by atoms with Gasteiger partial charge in [-0.25, -0.2) is 0 Å². The van der Waals surface area contributed by atoms with Gasteiger partial charge in [0.25, 0.3) is 0 Å². The molecule has 2 N–H and O–H groups in total. The van der Waals surface area contributed by atoms with Crippen LogP contribution < -0.4 is 5.73 Å². The topological polar surface area (TPSA) is 52.3 Å². The molecule has 2 atom stereocenters.